The Kier molecular flexibility index (Phi) is 3.46. The maximum Gasteiger partial charge on any atom is 0.336 e. The quantitative estimate of drug-likeness (QED) is 0.902. The lowest BCUT2D eigenvalue weighted by Crippen LogP contribution is -2.07. The van der Waals surface area contributed by atoms with Crippen molar-refractivity contribution in [2.45, 2.75) is 20.3 Å². The topological polar surface area (TPSA) is 50.2 Å². The van der Waals surface area contributed by atoms with Gasteiger partial charge in [-0.1, -0.05) is 30.1 Å². The predicted molar refractivity (Wildman–Crippen MR) is 72.8 cm³/mol. The number of aromatic nitrogens is 1. The van der Waals surface area contributed by atoms with E-state index in [1.807, 2.05) is 6.92 Å². The lowest BCUT2D eigenvalue weighted by atomic mass is 10.0. The van der Waals surface area contributed by atoms with Gasteiger partial charge < -0.3 is 5.11 Å². The van der Waals surface area contributed by atoms with Crippen LogP contribution in [-0.4, -0.2) is 16.1 Å². The van der Waals surface area contributed by atoms with Crippen LogP contribution in [0, 0.1) is 6.92 Å². The molecule has 5 heteroatoms. The fraction of sp³-hybridized carbons (Fsp3) is 0.231. The number of carboxylic acids is 1. The first-order valence-corrected chi connectivity index (χ1v) is 6.23. The molecular weight excluding hydrogens is 273 g/mol. The molecule has 94 valence electrons. The van der Waals surface area contributed by atoms with E-state index in [0.717, 1.165) is 5.69 Å². The van der Waals surface area contributed by atoms with Gasteiger partial charge in [-0.15, -0.1) is 0 Å². The summed E-state index contributed by atoms with van der Waals surface area (Å²) in [6, 6.07) is 3.21. The summed E-state index contributed by atoms with van der Waals surface area (Å²) in [7, 11) is 0. The smallest absolute Gasteiger partial charge is 0.336 e. The number of rotatable bonds is 2. The number of nitrogens with zero attached hydrogens (tertiary/aromatic N) is 1. The molecule has 1 aromatic carbocycles. The van der Waals surface area contributed by atoms with Crippen LogP contribution in [0.4, 0.5) is 0 Å². The number of hydrogen-bond donors (Lipinski definition) is 1. The van der Waals surface area contributed by atoms with Gasteiger partial charge in [0, 0.05) is 11.1 Å². The highest BCUT2D eigenvalue weighted by atomic mass is 35.5. The van der Waals surface area contributed by atoms with Crippen molar-refractivity contribution in [1.29, 1.82) is 0 Å². The second-order valence-electron chi connectivity index (χ2n) is 3.97. The molecule has 0 fully saturated rings. The van der Waals surface area contributed by atoms with Gasteiger partial charge in [0.05, 0.1) is 21.1 Å². The Balaban J connectivity index is 3.05. The fourth-order valence-electron chi connectivity index (χ4n) is 2.05. The molecule has 0 aliphatic heterocycles. The van der Waals surface area contributed by atoms with Gasteiger partial charge in [0.25, 0.3) is 0 Å². The molecule has 0 atom stereocenters. The van der Waals surface area contributed by atoms with Gasteiger partial charge in [-0.25, -0.2) is 4.79 Å². The number of pyridine rings is 1. The van der Waals surface area contributed by atoms with Crippen molar-refractivity contribution in [1.82, 2.24) is 4.98 Å². The van der Waals surface area contributed by atoms with E-state index in [-0.39, 0.29) is 5.56 Å². The maximum absolute atomic E-state index is 11.4. The molecule has 2 aromatic rings. The first-order chi connectivity index (χ1) is 8.47. The van der Waals surface area contributed by atoms with Crippen LogP contribution in [0.5, 0.6) is 0 Å². The van der Waals surface area contributed by atoms with Crippen LogP contribution in [0.15, 0.2) is 12.1 Å². The molecule has 0 saturated heterocycles. The van der Waals surface area contributed by atoms with E-state index < -0.39 is 5.97 Å². The molecule has 0 bridgehead atoms. The van der Waals surface area contributed by atoms with Gasteiger partial charge in [-0.3, -0.25) is 4.98 Å². The highest BCUT2D eigenvalue weighted by Gasteiger charge is 2.20. The molecule has 0 saturated carbocycles. The first kappa shape index (κ1) is 13.1. The molecule has 1 N–H and O–H groups in total. The number of aromatic carboxylic acids is 1. The molecule has 1 aromatic heterocycles. The minimum atomic E-state index is -1.02. The van der Waals surface area contributed by atoms with Crippen LogP contribution >= 0.6 is 23.2 Å². The largest absolute Gasteiger partial charge is 0.478 e. The molecule has 18 heavy (non-hydrogen) atoms. The first-order valence-electron chi connectivity index (χ1n) is 5.47. The summed E-state index contributed by atoms with van der Waals surface area (Å²) in [6.45, 7) is 3.66. The Morgan fingerprint density at radius 1 is 1.33 bits per heavy atom. The van der Waals surface area contributed by atoms with Crippen LogP contribution in [-0.2, 0) is 6.42 Å². The van der Waals surface area contributed by atoms with Crippen LogP contribution < -0.4 is 0 Å². The molecule has 1 heterocycles. The number of carbonyl (C=O) groups is 1. The highest BCUT2D eigenvalue weighted by molar-refractivity contribution is 6.41. The average Bonchev–Trinajstić information content (AvgIpc) is 2.33. The van der Waals surface area contributed by atoms with E-state index >= 15 is 0 Å². The molecule has 0 aliphatic carbocycles. The van der Waals surface area contributed by atoms with E-state index in [2.05, 4.69) is 4.98 Å². The van der Waals surface area contributed by atoms with Crippen molar-refractivity contribution in [2.24, 2.45) is 0 Å². The lowest BCUT2D eigenvalue weighted by Gasteiger charge is -2.12. The summed E-state index contributed by atoms with van der Waals surface area (Å²) in [5.41, 5.74) is 2.00. The Morgan fingerprint density at radius 3 is 2.50 bits per heavy atom. The third-order valence-electron chi connectivity index (χ3n) is 2.93. The summed E-state index contributed by atoms with van der Waals surface area (Å²) in [6.07, 6.45) is 0.644. The Morgan fingerprint density at radius 2 is 1.94 bits per heavy atom. The van der Waals surface area contributed by atoms with Gasteiger partial charge in [-0.2, -0.15) is 0 Å². The van der Waals surface area contributed by atoms with Crippen molar-refractivity contribution in [3.05, 3.63) is 39.0 Å². The van der Waals surface area contributed by atoms with Crippen LogP contribution in [0.1, 0.15) is 28.5 Å². The Bertz CT molecular complexity index is 653. The van der Waals surface area contributed by atoms with Crippen molar-refractivity contribution in [3.63, 3.8) is 0 Å². The van der Waals surface area contributed by atoms with Gasteiger partial charge in [0.15, 0.2) is 0 Å². The molecular formula is C13H11Cl2NO2. The van der Waals surface area contributed by atoms with Crippen LogP contribution in [0.25, 0.3) is 10.9 Å². The average molecular weight is 284 g/mol. The van der Waals surface area contributed by atoms with Crippen molar-refractivity contribution in [3.8, 4) is 0 Å². The highest BCUT2D eigenvalue weighted by Crippen LogP contribution is 2.33. The van der Waals surface area contributed by atoms with Crippen molar-refractivity contribution in [2.75, 3.05) is 0 Å². The monoisotopic (exact) mass is 283 g/mol. The summed E-state index contributed by atoms with van der Waals surface area (Å²) in [5, 5.41) is 10.5. The zero-order valence-electron chi connectivity index (χ0n) is 9.92. The molecule has 0 aliphatic rings. The lowest BCUT2D eigenvalue weighted by molar-refractivity contribution is 0.0698. The van der Waals surface area contributed by atoms with E-state index in [4.69, 9.17) is 23.2 Å². The van der Waals surface area contributed by atoms with Crippen molar-refractivity contribution < 1.29 is 9.90 Å². The number of benzene rings is 1. The zero-order valence-corrected chi connectivity index (χ0v) is 11.4. The molecule has 3 nitrogen and oxygen atoms in total. The summed E-state index contributed by atoms with van der Waals surface area (Å²) in [5.74, 6) is -1.02. The van der Waals surface area contributed by atoms with Gasteiger partial charge >= 0.3 is 5.97 Å². The molecule has 0 radical (unpaired) electrons. The standard InChI is InChI=1S/C13H11Cl2NO2/c1-3-9-6(2)10(13(17)18)11-7(14)4-5-8(15)12(11)16-9/h4-5H,3H2,1-2H3,(H,17,18). The second kappa shape index (κ2) is 4.75. The van der Waals surface area contributed by atoms with Gasteiger partial charge in [-0.05, 0) is 31.0 Å². The number of carboxylic acid groups (broad SMARTS) is 1. The second-order valence-corrected chi connectivity index (χ2v) is 4.78. The number of fused-ring (bicyclic) bond motifs is 1. The summed E-state index contributed by atoms with van der Waals surface area (Å²) < 4.78 is 0. The van der Waals surface area contributed by atoms with E-state index in [1.54, 1.807) is 19.1 Å². The normalized spacial score (nSPS) is 10.9. The third kappa shape index (κ3) is 1.93. The molecule has 0 amide bonds. The Hall–Kier alpha value is -1.32. The van der Waals surface area contributed by atoms with Crippen molar-refractivity contribution >= 4 is 40.1 Å². The van der Waals surface area contributed by atoms with E-state index in [1.165, 1.54) is 0 Å². The minimum Gasteiger partial charge on any atom is -0.478 e. The molecule has 0 unspecified atom stereocenters. The third-order valence-corrected chi connectivity index (χ3v) is 3.55. The zero-order chi connectivity index (χ0) is 13.4. The van der Waals surface area contributed by atoms with Crippen LogP contribution in [0.3, 0.4) is 0 Å². The van der Waals surface area contributed by atoms with Gasteiger partial charge in [0.1, 0.15) is 0 Å². The molecule has 0 spiro atoms. The van der Waals surface area contributed by atoms with E-state index in [9.17, 15) is 9.90 Å². The van der Waals surface area contributed by atoms with Gasteiger partial charge in [0.2, 0.25) is 0 Å². The fourth-order valence-corrected chi connectivity index (χ4v) is 2.50. The maximum atomic E-state index is 11.4. The summed E-state index contributed by atoms with van der Waals surface area (Å²) in [4.78, 5) is 15.9. The Labute approximate surface area is 114 Å². The SMILES string of the molecule is CCc1nc2c(Cl)ccc(Cl)c2c(C(=O)O)c1C. The predicted octanol–water partition coefficient (Wildman–Crippen LogP) is 4.11. The number of aryl methyl sites for hydroxylation is 1. The number of halogens is 2. The van der Waals surface area contributed by atoms with Crippen LogP contribution in [0.2, 0.25) is 10.0 Å². The minimum absolute atomic E-state index is 0.185. The van der Waals surface area contributed by atoms with E-state index in [0.29, 0.717) is 32.9 Å². The summed E-state index contributed by atoms with van der Waals surface area (Å²) >= 11 is 12.2. The number of hydrogen-bond acceptors (Lipinski definition) is 2. The molecule has 2 rings (SSSR count).